The first kappa shape index (κ1) is 18.2. The average molecular weight is 363 g/mol. The van der Waals surface area contributed by atoms with Gasteiger partial charge in [-0.25, -0.2) is 0 Å². The van der Waals surface area contributed by atoms with Gasteiger partial charge in [0, 0.05) is 0 Å². The summed E-state index contributed by atoms with van der Waals surface area (Å²) in [6.07, 6.45) is 11.3. The van der Waals surface area contributed by atoms with E-state index in [0.717, 1.165) is 0 Å². The van der Waals surface area contributed by atoms with Crippen molar-refractivity contribution in [2.24, 2.45) is 5.92 Å². The van der Waals surface area contributed by atoms with Crippen molar-refractivity contribution in [2.75, 3.05) is 26.7 Å². The number of piperidine rings is 1. The second-order valence-electron chi connectivity index (χ2n) is 6.11. The van der Waals surface area contributed by atoms with Crippen LogP contribution in [0.5, 0.6) is 0 Å². The van der Waals surface area contributed by atoms with E-state index in [9.17, 15) is 0 Å². The molecule has 0 N–H and O–H groups in total. The Bertz CT molecular complexity index is 264. The Labute approximate surface area is 131 Å². The van der Waals surface area contributed by atoms with Crippen molar-refractivity contribution in [2.45, 2.75) is 46.0 Å². The van der Waals surface area contributed by atoms with Crippen LogP contribution in [0.2, 0.25) is 0 Å². The first-order valence-corrected chi connectivity index (χ1v) is 7.17. The third kappa shape index (κ3) is 6.93. The number of nitrogens with zero attached hydrogens (tertiary/aromatic N) is 1. The minimum Gasteiger partial charge on any atom is -1.00 e. The molecule has 0 saturated carbocycles. The lowest BCUT2D eigenvalue weighted by Gasteiger charge is -2.37. The van der Waals surface area contributed by atoms with Gasteiger partial charge in [-0.2, -0.15) is 0 Å². The molecule has 1 rings (SSSR count). The maximum atomic E-state index is 3.85. The van der Waals surface area contributed by atoms with Crippen LogP contribution in [0.25, 0.3) is 0 Å². The number of likely N-dealkylation sites (tertiary alicyclic amines) is 1. The smallest absolute Gasteiger partial charge is 0.0974 e. The van der Waals surface area contributed by atoms with Gasteiger partial charge in [0.15, 0.2) is 0 Å². The van der Waals surface area contributed by atoms with E-state index in [1.54, 1.807) is 5.57 Å². The molecule has 106 valence electrons. The summed E-state index contributed by atoms with van der Waals surface area (Å²) in [6, 6.07) is 0. The summed E-state index contributed by atoms with van der Waals surface area (Å²) in [6.45, 7) is 12.3. The number of allylic oxidation sites excluding steroid dienone is 2. The molecule has 1 fully saturated rings. The maximum absolute atomic E-state index is 3.85. The fourth-order valence-electron chi connectivity index (χ4n) is 2.51. The molecule has 1 unspecified atom stereocenters. The van der Waals surface area contributed by atoms with E-state index in [1.165, 1.54) is 56.2 Å². The van der Waals surface area contributed by atoms with E-state index < -0.39 is 0 Å². The lowest BCUT2D eigenvalue weighted by Crippen LogP contribution is -3.00. The Balaban J connectivity index is 0.00000289. The van der Waals surface area contributed by atoms with Gasteiger partial charge in [-0.3, -0.25) is 0 Å². The van der Waals surface area contributed by atoms with Crippen LogP contribution in [0.4, 0.5) is 0 Å². The van der Waals surface area contributed by atoms with Gasteiger partial charge in [-0.15, -0.1) is 6.58 Å². The minimum absolute atomic E-state index is 0. The number of halogens is 1. The highest BCUT2D eigenvalue weighted by Crippen LogP contribution is 2.18. The second-order valence-corrected chi connectivity index (χ2v) is 6.11. The molecule has 1 aliphatic rings. The van der Waals surface area contributed by atoms with Crippen LogP contribution in [0.3, 0.4) is 0 Å². The van der Waals surface area contributed by atoms with E-state index in [1.807, 2.05) is 0 Å². The number of rotatable bonds is 6. The molecule has 0 amide bonds. The van der Waals surface area contributed by atoms with Crippen molar-refractivity contribution in [3.63, 3.8) is 0 Å². The Morgan fingerprint density at radius 1 is 1.28 bits per heavy atom. The number of likely N-dealkylation sites (N-methyl/N-ethyl adjacent to an activating group) is 1. The van der Waals surface area contributed by atoms with E-state index >= 15 is 0 Å². The highest BCUT2D eigenvalue weighted by Gasteiger charge is 2.22. The molecule has 0 aromatic rings. The summed E-state index contributed by atoms with van der Waals surface area (Å²) in [4.78, 5) is 0. The lowest BCUT2D eigenvalue weighted by molar-refractivity contribution is -0.908. The summed E-state index contributed by atoms with van der Waals surface area (Å²) in [5, 5.41) is 0. The van der Waals surface area contributed by atoms with Crippen molar-refractivity contribution >= 4 is 0 Å². The quantitative estimate of drug-likeness (QED) is 0.378. The van der Waals surface area contributed by atoms with Gasteiger partial charge in [0.25, 0.3) is 0 Å². The number of hydrogen-bond donors (Lipinski definition) is 0. The summed E-state index contributed by atoms with van der Waals surface area (Å²) in [5.74, 6) is 0.651. The maximum Gasteiger partial charge on any atom is 0.0974 e. The lowest BCUT2D eigenvalue weighted by atomic mass is 10.0. The van der Waals surface area contributed by atoms with Gasteiger partial charge in [-0.1, -0.05) is 18.6 Å². The Morgan fingerprint density at radius 3 is 2.44 bits per heavy atom. The molecule has 0 spiro atoms. The molecular weight excluding hydrogens is 333 g/mol. The normalized spacial score (nSPS) is 20.9. The SMILES string of the molecule is C=CC(C)CC/C(C)=C/C[N+]1(C)CCCCC1.[I-]. The van der Waals surface area contributed by atoms with Crippen LogP contribution in [-0.2, 0) is 0 Å². The predicted octanol–water partition coefficient (Wildman–Crippen LogP) is 1.17. The highest BCUT2D eigenvalue weighted by atomic mass is 127. The standard InChI is InChI=1S/C16H30N.HI/c1-5-15(2)9-10-16(3)11-14-17(4)12-7-6-8-13-17;/h5,11,15H,1,6-10,12-14H2,2-4H3;1H/q+1;/p-1/b16-11+;. The van der Waals surface area contributed by atoms with Gasteiger partial charge in [-0.05, 0) is 51.0 Å². The van der Waals surface area contributed by atoms with Crippen LogP contribution in [0, 0.1) is 5.92 Å². The second kappa shape index (κ2) is 9.13. The van der Waals surface area contributed by atoms with Crippen LogP contribution < -0.4 is 24.0 Å². The van der Waals surface area contributed by atoms with Crippen LogP contribution >= 0.6 is 0 Å². The Hall–Kier alpha value is 0.170. The molecule has 18 heavy (non-hydrogen) atoms. The topological polar surface area (TPSA) is 0 Å². The highest BCUT2D eigenvalue weighted by molar-refractivity contribution is 4.99. The van der Waals surface area contributed by atoms with Crippen molar-refractivity contribution in [1.29, 1.82) is 0 Å². The summed E-state index contributed by atoms with van der Waals surface area (Å²) in [7, 11) is 2.41. The molecule has 1 saturated heterocycles. The zero-order chi connectivity index (χ0) is 12.7. The Kier molecular flexibility index (Phi) is 9.22. The largest absolute Gasteiger partial charge is 1.00 e. The van der Waals surface area contributed by atoms with Crippen molar-refractivity contribution in [3.8, 4) is 0 Å². The van der Waals surface area contributed by atoms with Gasteiger partial charge in [0.05, 0.1) is 26.7 Å². The molecule has 1 atom stereocenters. The van der Waals surface area contributed by atoms with E-state index in [2.05, 4.69) is 39.6 Å². The Morgan fingerprint density at radius 2 is 1.89 bits per heavy atom. The molecule has 1 heterocycles. The van der Waals surface area contributed by atoms with E-state index in [4.69, 9.17) is 0 Å². The first-order valence-electron chi connectivity index (χ1n) is 7.17. The van der Waals surface area contributed by atoms with Gasteiger partial charge in [0.2, 0.25) is 0 Å². The van der Waals surface area contributed by atoms with Crippen molar-refractivity contribution in [3.05, 3.63) is 24.3 Å². The van der Waals surface area contributed by atoms with Crippen LogP contribution in [0.1, 0.15) is 46.0 Å². The zero-order valence-electron chi connectivity index (χ0n) is 12.4. The van der Waals surface area contributed by atoms with Crippen LogP contribution in [0.15, 0.2) is 24.3 Å². The average Bonchev–Trinajstić information content (AvgIpc) is 2.34. The molecule has 1 nitrogen and oxygen atoms in total. The fourth-order valence-corrected chi connectivity index (χ4v) is 2.51. The van der Waals surface area contributed by atoms with Crippen LogP contribution in [-0.4, -0.2) is 31.2 Å². The fraction of sp³-hybridized carbons (Fsp3) is 0.750. The summed E-state index contributed by atoms with van der Waals surface area (Å²) in [5.41, 5.74) is 1.56. The molecule has 0 aliphatic carbocycles. The molecule has 0 bridgehead atoms. The van der Waals surface area contributed by atoms with E-state index in [0.29, 0.717) is 5.92 Å². The summed E-state index contributed by atoms with van der Waals surface area (Å²) >= 11 is 0. The first-order chi connectivity index (χ1) is 8.06. The third-order valence-corrected chi connectivity index (χ3v) is 4.17. The molecule has 0 aromatic carbocycles. The van der Waals surface area contributed by atoms with E-state index in [-0.39, 0.29) is 24.0 Å². The van der Waals surface area contributed by atoms with Gasteiger partial charge >= 0.3 is 0 Å². The van der Waals surface area contributed by atoms with Gasteiger partial charge in [0.1, 0.15) is 0 Å². The monoisotopic (exact) mass is 363 g/mol. The molecule has 2 heteroatoms. The minimum atomic E-state index is 0. The van der Waals surface area contributed by atoms with Gasteiger partial charge < -0.3 is 28.5 Å². The summed E-state index contributed by atoms with van der Waals surface area (Å²) < 4.78 is 1.26. The van der Waals surface area contributed by atoms with Crippen molar-refractivity contribution in [1.82, 2.24) is 0 Å². The number of quaternary nitrogens is 1. The predicted molar refractivity (Wildman–Crippen MR) is 77.0 cm³/mol. The molecule has 0 radical (unpaired) electrons. The zero-order valence-corrected chi connectivity index (χ0v) is 14.6. The number of hydrogen-bond acceptors (Lipinski definition) is 0. The third-order valence-electron chi connectivity index (χ3n) is 4.17. The molecule has 1 aliphatic heterocycles. The molecule has 0 aromatic heterocycles. The van der Waals surface area contributed by atoms with Crippen molar-refractivity contribution < 1.29 is 28.5 Å². The molecular formula is C16H30IN.